The summed E-state index contributed by atoms with van der Waals surface area (Å²) in [6, 6.07) is 6.23. The molecule has 2 aromatic carbocycles. The maximum Gasteiger partial charge on any atom is 0.236 e. The minimum atomic E-state index is -3.75. The van der Waals surface area contributed by atoms with Crippen LogP contribution in [0.5, 0.6) is 23.0 Å². The third-order valence-electron chi connectivity index (χ3n) is 11.9. The molecular formula is C39H50O26. The molecule has 0 amide bonds. The number of phenolic OH excluding ortho intramolecular Hbond substituents is 1. The van der Waals surface area contributed by atoms with Crippen molar-refractivity contribution in [2.45, 2.75) is 116 Å². The first kappa shape index (κ1) is 49.0. The average Bonchev–Trinajstić information content (AvgIpc) is 3.29. The Morgan fingerprint density at radius 3 is 1.92 bits per heavy atom. The number of hydrogen-bond donors (Lipinski definition) is 16. The Labute approximate surface area is 364 Å². The number of benzene rings is 2. The van der Waals surface area contributed by atoms with Crippen molar-refractivity contribution in [1.82, 2.24) is 0 Å². The first-order valence-corrected chi connectivity index (χ1v) is 19.9. The van der Waals surface area contributed by atoms with E-state index in [9.17, 15) is 86.5 Å². The van der Waals surface area contributed by atoms with Crippen LogP contribution in [0, 0.1) is 0 Å². The van der Waals surface area contributed by atoms with Gasteiger partial charge in [0, 0.05) is 5.56 Å². The number of fused-ring (bicyclic) bond motifs is 1. The van der Waals surface area contributed by atoms with Crippen molar-refractivity contribution in [1.29, 1.82) is 0 Å². The molecule has 0 aliphatic carbocycles. The van der Waals surface area contributed by atoms with Crippen molar-refractivity contribution in [2.24, 2.45) is 0 Å². The lowest BCUT2D eigenvalue weighted by Crippen LogP contribution is -2.83. The zero-order chi connectivity index (χ0) is 47.4. The van der Waals surface area contributed by atoms with Gasteiger partial charge in [0.1, 0.15) is 91.4 Å². The molecule has 1 aromatic heterocycles. The predicted octanol–water partition coefficient (Wildman–Crippen LogP) is -7.47. The fraction of sp³-hybridized carbons (Fsp3) is 0.615. The number of aromatic hydroxyl groups is 1. The second-order valence-electron chi connectivity index (χ2n) is 15.8. The van der Waals surface area contributed by atoms with Gasteiger partial charge in [-0.3, -0.25) is 4.79 Å². The van der Waals surface area contributed by atoms with E-state index in [4.69, 9.17) is 42.3 Å². The zero-order valence-electron chi connectivity index (χ0n) is 33.8. The summed E-state index contributed by atoms with van der Waals surface area (Å²) >= 11 is 0. The fourth-order valence-corrected chi connectivity index (χ4v) is 8.25. The number of aliphatic hydroxyl groups is 15. The molecule has 19 atom stereocenters. The van der Waals surface area contributed by atoms with E-state index in [-0.39, 0.29) is 16.9 Å². The van der Waals surface area contributed by atoms with Crippen molar-refractivity contribution in [3.8, 4) is 34.1 Å². The molecule has 4 fully saturated rings. The van der Waals surface area contributed by atoms with Gasteiger partial charge in [-0.1, -0.05) is 18.2 Å². The number of rotatable bonds is 12. The highest BCUT2D eigenvalue weighted by Gasteiger charge is 2.73. The molecule has 0 bridgehead atoms. The van der Waals surface area contributed by atoms with Gasteiger partial charge in [-0.05, 0) is 12.1 Å². The number of phenols is 1. The molecule has 4 aliphatic heterocycles. The van der Waals surface area contributed by atoms with E-state index < -0.39 is 176 Å². The van der Waals surface area contributed by atoms with E-state index in [1.54, 1.807) is 0 Å². The average molecular weight is 935 g/mol. The Morgan fingerprint density at radius 1 is 0.692 bits per heavy atom. The molecule has 4 unspecified atom stereocenters. The molecule has 65 heavy (non-hydrogen) atoms. The molecule has 0 radical (unpaired) electrons. The third-order valence-corrected chi connectivity index (χ3v) is 11.9. The molecule has 16 N–H and O–H groups in total. The summed E-state index contributed by atoms with van der Waals surface area (Å²) in [5.74, 6) is -5.80. The maximum absolute atomic E-state index is 14.3. The molecule has 0 saturated carbocycles. The van der Waals surface area contributed by atoms with E-state index in [0.717, 1.165) is 19.4 Å². The summed E-state index contributed by atoms with van der Waals surface area (Å²) in [6.07, 6.45) is -34.2. The largest absolute Gasteiger partial charge is 0.504 e. The Hall–Kier alpha value is -3.95. The lowest BCUT2D eigenvalue weighted by Gasteiger charge is -2.59. The minimum Gasteiger partial charge on any atom is -0.504 e. The fourth-order valence-electron chi connectivity index (χ4n) is 8.25. The smallest absolute Gasteiger partial charge is 0.236 e. The summed E-state index contributed by atoms with van der Waals surface area (Å²) < 4.78 is 50.3. The molecule has 5 heterocycles. The standard InChI is InChI=1S/C39H50O26/c1-57-31-15(43)6-13-21(45)14(10-58-30(13)32(31)64-35-28(52)25(49)23(47)18(7-40)61-35)12-4-2-3-5-17(12)60-37-33(54)39(56,65-36-29(53)26(50)24(48)19(8-41)62-36)38(55,20(9-42)63-37)34-27(51)22(46)16(44)11-59-34/h2-6,10,16,18-20,22-29,33-37,40-44,46-56H,7-9,11H2,1H3/t16-,18-,19-,20-,22+,23-,24-,25+,26+,27-,28-,29-,33+,34?,35?,36?,37?,38+,39+/m1/s1. The molecule has 3 aromatic rings. The van der Waals surface area contributed by atoms with Crippen LogP contribution < -0.4 is 19.6 Å². The van der Waals surface area contributed by atoms with Crippen LogP contribution in [-0.4, -0.2) is 231 Å². The number of para-hydroxylation sites is 1. The van der Waals surface area contributed by atoms with Crippen LogP contribution >= 0.6 is 0 Å². The van der Waals surface area contributed by atoms with Gasteiger partial charge in [-0.15, -0.1) is 0 Å². The molecule has 0 spiro atoms. The quantitative estimate of drug-likeness (QED) is 0.0750. The van der Waals surface area contributed by atoms with E-state index in [2.05, 4.69) is 0 Å². The molecule has 26 nitrogen and oxygen atoms in total. The highest BCUT2D eigenvalue weighted by Crippen LogP contribution is 2.48. The van der Waals surface area contributed by atoms with Crippen molar-refractivity contribution in [3.63, 3.8) is 0 Å². The van der Waals surface area contributed by atoms with E-state index >= 15 is 0 Å². The summed E-state index contributed by atoms with van der Waals surface area (Å²) in [5, 5.41) is 172. The van der Waals surface area contributed by atoms with Gasteiger partial charge in [0.15, 0.2) is 29.3 Å². The zero-order valence-corrected chi connectivity index (χ0v) is 33.8. The molecule has 362 valence electrons. The van der Waals surface area contributed by atoms with Gasteiger partial charge in [-0.25, -0.2) is 0 Å². The number of methoxy groups -OCH3 is 1. The van der Waals surface area contributed by atoms with Crippen molar-refractivity contribution in [3.05, 3.63) is 46.8 Å². The van der Waals surface area contributed by atoms with Gasteiger partial charge in [0.25, 0.3) is 0 Å². The molecule has 4 saturated heterocycles. The normalized spacial score (nSPS) is 41.3. The van der Waals surface area contributed by atoms with Gasteiger partial charge in [0.05, 0.1) is 44.5 Å². The number of aliphatic hydroxyl groups excluding tert-OH is 13. The Morgan fingerprint density at radius 2 is 1.31 bits per heavy atom. The SMILES string of the molecule is COc1c(O)cc2c(=O)c(-c3ccccc3OC3O[C@H](CO)[C@](O)(C4OC[C@@H](O)[C@H](O)[C@H]4O)[C@@](O)(OC4O[C@H](CO)[C@@H](O)[C@H](O)[C@H]4O)[C@H]3O)coc2c1OC1O[C@H](CO)[C@@H](O)[C@H](O)[C@H]1O. The summed E-state index contributed by atoms with van der Waals surface area (Å²) in [4.78, 5) is 14.3. The second-order valence-corrected chi connectivity index (χ2v) is 15.8. The topological polar surface area (TPSA) is 428 Å². The van der Waals surface area contributed by atoms with Crippen LogP contribution in [0.4, 0.5) is 0 Å². The first-order valence-electron chi connectivity index (χ1n) is 19.9. The van der Waals surface area contributed by atoms with Crippen molar-refractivity contribution >= 4 is 11.0 Å². The number of ether oxygens (including phenoxy) is 8. The lowest BCUT2D eigenvalue weighted by molar-refractivity contribution is -0.478. The van der Waals surface area contributed by atoms with Gasteiger partial charge in [-0.2, -0.15) is 0 Å². The Balaban J connectivity index is 1.28. The second kappa shape index (κ2) is 19.0. The molecule has 26 heteroatoms. The molecule has 7 rings (SSSR count). The van der Waals surface area contributed by atoms with Crippen LogP contribution in [0.25, 0.3) is 22.1 Å². The predicted molar refractivity (Wildman–Crippen MR) is 205 cm³/mol. The summed E-state index contributed by atoms with van der Waals surface area (Å²) in [5.41, 5.74) is -5.28. The van der Waals surface area contributed by atoms with E-state index in [1.807, 2.05) is 0 Å². The van der Waals surface area contributed by atoms with Crippen LogP contribution in [0.1, 0.15) is 0 Å². The van der Waals surface area contributed by atoms with Gasteiger partial charge >= 0.3 is 0 Å². The molecular weight excluding hydrogens is 884 g/mol. The monoisotopic (exact) mass is 934 g/mol. The van der Waals surface area contributed by atoms with Crippen LogP contribution in [0.3, 0.4) is 0 Å². The van der Waals surface area contributed by atoms with E-state index in [0.29, 0.717) is 0 Å². The van der Waals surface area contributed by atoms with Gasteiger partial charge < -0.3 is 124 Å². The highest BCUT2D eigenvalue weighted by molar-refractivity contribution is 5.91. The van der Waals surface area contributed by atoms with Crippen molar-refractivity contribution < 1.29 is 124 Å². The highest BCUT2D eigenvalue weighted by atomic mass is 16.8. The van der Waals surface area contributed by atoms with Crippen molar-refractivity contribution in [2.75, 3.05) is 33.5 Å². The molecule has 4 aliphatic rings. The van der Waals surface area contributed by atoms with E-state index in [1.165, 1.54) is 24.3 Å². The van der Waals surface area contributed by atoms with Crippen LogP contribution in [-0.2, 0) is 23.7 Å². The number of hydrogen-bond acceptors (Lipinski definition) is 26. The maximum atomic E-state index is 14.3. The third kappa shape index (κ3) is 8.20. The van der Waals surface area contributed by atoms with Gasteiger partial charge in [0.2, 0.25) is 35.3 Å². The first-order chi connectivity index (χ1) is 30.8. The Kier molecular flexibility index (Phi) is 14.3. The Bertz CT molecular complexity index is 2190. The van der Waals surface area contributed by atoms with Crippen LogP contribution in [0.2, 0.25) is 0 Å². The minimum absolute atomic E-state index is 0.159. The lowest BCUT2D eigenvalue weighted by atomic mass is 9.72. The summed E-state index contributed by atoms with van der Waals surface area (Å²) in [7, 11) is 1.11. The summed E-state index contributed by atoms with van der Waals surface area (Å²) in [6.45, 7) is -3.96. The van der Waals surface area contributed by atoms with Crippen LogP contribution in [0.15, 0.2) is 45.8 Å².